The number of hydrogen-bond acceptors (Lipinski definition) is 4. The van der Waals surface area contributed by atoms with E-state index in [9.17, 15) is 9.59 Å². The molecule has 0 bridgehead atoms. The van der Waals surface area contributed by atoms with Gasteiger partial charge in [-0.2, -0.15) is 0 Å². The van der Waals surface area contributed by atoms with Crippen molar-refractivity contribution < 1.29 is 14.3 Å². The zero-order valence-electron chi connectivity index (χ0n) is 13.6. The molecular formula is C17H21N3O3. The Morgan fingerprint density at radius 2 is 2.04 bits per heavy atom. The molecule has 0 spiro atoms. The van der Waals surface area contributed by atoms with Crippen LogP contribution < -0.4 is 5.32 Å². The smallest absolute Gasteiger partial charge is 0.306 e. The number of nitrogens with one attached hydrogen (secondary N) is 1. The monoisotopic (exact) mass is 315 g/mol. The first-order chi connectivity index (χ1) is 10.8. The number of benzene rings is 1. The average Bonchev–Trinajstić information content (AvgIpc) is 2.98. The number of ether oxygens (including phenoxy) is 1. The lowest BCUT2D eigenvalue weighted by Crippen LogP contribution is -2.24. The third-order valence-electron chi connectivity index (χ3n) is 2.91. The second-order valence-electron chi connectivity index (χ2n) is 6.15. The van der Waals surface area contributed by atoms with Crippen LogP contribution in [0.2, 0.25) is 0 Å². The Morgan fingerprint density at radius 3 is 2.70 bits per heavy atom. The Kier molecular flexibility index (Phi) is 5.16. The summed E-state index contributed by atoms with van der Waals surface area (Å²) in [7, 11) is 0. The van der Waals surface area contributed by atoms with Crippen LogP contribution in [-0.4, -0.2) is 27.0 Å². The summed E-state index contributed by atoms with van der Waals surface area (Å²) in [6, 6.07) is 7.40. The number of carbonyl (C=O) groups excluding carboxylic acids is 2. The van der Waals surface area contributed by atoms with Gasteiger partial charge < -0.3 is 14.6 Å². The van der Waals surface area contributed by atoms with Gasteiger partial charge >= 0.3 is 5.97 Å². The second-order valence-corrected chi connectivity index (χ2v) is 6.15. The zero-order chi connectivity index (χ0) is 16.9. The van der Waals surface area contributed by atoms with Crippen molar-refractivity contribution >= 4 is 17.6 Å². The first kappa shape index (κ1) is 16.7. The summed E-state index contributed by atoms with van der Waals surface area (Å²) in [5.74, 6) is -0.599. The van der Waals surface area contributed by atoms with E-state index in [0.29, 0.717) is 5.69 Å². The Morgan fingerprint density at radius 1 is 1.26 bits per heavy atom. The van der Waals surface area contributed by atoms with Gasteiger partial charge in [0, 0.05) is 30.2 Å². The zero-order valence-corrected chi connectivity index (χ0v) is 13.6. The maximum atomic E-state index is 11.9. The molecule has 0 aliphatic rings. The standard InChI is InChI=1S/C17H21N3O3/c1-17(2,3)23-16(22)8-7-15(21)19-13-5-4-6-14(11-13)20-10-9-18-12-20/h4-6,9-12H,7-8H2,1-3H3,(H,19,21). The van der Waals surface area contributed by atoms with Crippen LogP contribution in [0.5, 0.6) is 0 Å². The van der Waals surface area contributed by atoms with Crippen molar-refractivity contribution in [3.05, 3.63) is 43.0 Å². The number of aromatic nitrogens is 2. The summed E-state index contributed by atoms with van der Waals surface area (Å²) >= 11 is 0. The third-order valence-corrected chi connectivity index (χ3v) is 2.91. The van der Waals surface area contributed by atoms with Gasteiger partial charge in [-0.05, 0) is 39.0 Å². The number of imidazole rings is 1. The van der Waals surface area contributed by atoms with Crippen LogP contribution in [0.25, 0.3) is 5.69 Å². The van der Waals surface area contributed by atoms with E-state index in [0.717, 1.165) is 5.69 Å². The molecule has 1 heterocycles. The molecule has 0 fully saturated rings. The second kappa shape index (κ2) is 7.09. The normalized spacial score (nSPS) is 11.1. The molecule has 2 rings (SSSR count). The summed E-state index contributed by atoms with van der Waals surface area (Å²) in [6.45, 7) is 5.39. The minimum atomic E-state index is -0.535. The highest BCUT2D eigenvalue weighted by atomic mass is 16.6. The van der Waals surface area contributed by atoms with E-state index in [-0.39, 0.29) is 24.7 Å². The third kappa shape index (κ3) is 5.58. The molecule has 2 aromatic rings. The van der Waals surface area contributed by atoms with E-state index in [1.54, 1.807) is 39.4 Å². The Bertz CT molecular complexity index is 673. The van der Waals surface area contributed by atoms with Gasteiger partial charge in [-0.3, -0.25) is 9.59 Å². The van der Waals surface area contributed by atoms with Gasteiger partial charge in [0.25, 0.3) is 0 Å². The van der Waals surface area contributed by atoms with Crippen LogP contribution in [0.15, 0.2) is 43.0 Å². The van der Waals surface area contributed by atoms with Gasteiger partial charge in [0.05, 0.1) is 12.7 Å². The lowest BCUT2D eigenvalue weighted by Gasteiger charge is -2.19. The maximum Gasteiger partial charge on any atom is 0.306 e. The fraction of sp³-hybridized carbons (Fsp3) is 0.353. The first-order valence-electron chi connectivity index (χ1n) is 7.43. The minimum absolute atomic E-state index is 0.0598. The van der Waals surface area contributed by atoms with Crippen molar-refractivity contribution in [2.75, 3.05) is 5.32 Å². The summed E-state index contributed by atoms with van der Waals surface area (Å²) in [6.07, 6.45) is 5.34. The predicted octanol–water partition coefficient (Wildman–Crippen LogP) is 2.93. The molecule has 1 aromatic carbocycles. The SMILES string of the molecule is CC(C)(C)OC(=O)CCC(=O)Nc1cccc(-n2ccnc2)c1. The molecule has 0 aliphatic carbocycles. The van der Waals surface area contributed by atoms with Crippen LogP contribution >= 0.6 is 0 Å². The highest BCUT2D eigenvalue weighted by Gasteiger charge is 2.17. The quantitative estimate of drug-likeness (QED) is 0.861. The molecule has 0 saturated carbocycles. The van der Waals surface area contributed by atoms with Gasteiger partial charge in [0.2, 0.25) is 5.91 Å². The van der Waals surface area contributed by atoms with E-state index in [1.807, 2.05) is 29.0 Å². The van der Waals surface area contributed by atoms with Gasteiger partial charge in [0.15, 0.2) is 0 Å². The molecule has 6 nitrogen and oxygen atoms in total. The van der Waals surface area contributed by atoms with E-state index in [4.69, 9.17) is 4.74 Å². The van der Waals surface area contributed by atoms with Crippen molar-refractivity contribution in [1.82, 2.24) is 9.55 Å². The van der Waals surface area contributed by atoms with Crippen molar-refractivity contribution in [1.29, 1.82) is 0 Å². The lowest BCUT2D eigenvalue weighted by atomic mass is 10.2. The fourth-order valence-electron chi connectivity index (χ4n) is 1.99. The van der Waals surface area contributed by atoms with E-state index >= 15 is 0 Å². The number of rotatable bonds is 5. The molecule has 1 amide bonds. The van der Waals surface area contributed by atoms with Crippen LogP contribution in [0.1, 0.15) is 33.6 Å². The maximum absolute atomic E-state index is 11.9. The van der Waals surface area contributed by atoms with E-state index < -0.39 is 5.60 Å². The number of carbonyl (C=O) groups is 2. The first-order valence-corrected chi connectivity index (χ1v) is 7.43. The van der Waals surface area contributed by atoms with Crippen LogP contribution in [0.3, 0.4) is 0 Å². The van der Waals surface area contributed by atoms with Gasteiger partial charge in [-0.15, -0.1) is 0 Å². The molecule has 0 unspecified atom stereocenters. The molecule has 0 aliphatic heterocycles. The van der Waals surface area contributed by atoms with Crippen LogP contribution in [-0.2, 0) is 14.3 Å². The predicted molar refractivity (Wildman–Crippen MR) is 87.3 cm³/mol. The molecule has 1 N–H and O–H groups in total. The molecule has 6 heteroatoms. The molecule has 0 saturated heterocycles. The number of nitrogens with zero attached hydrogens (tertiary/aromatic N) is 2. The minimum Gasteiger partial charge on any atom is -0.460 e. The van der Waals surface area contributed by atoms with Gasteiger partial charge in [-0.25, -0.2) is 4.98 Å². The van der Waals surface area contributed by atoms with Crippen LogP contribution in [0, 0.1) is 0 Å². The highest BCUT2D eigenvalue weighted by Crippen LogP contribution is 2.15. The summed E-state index contributed by atoms with van der Waals surface area (Å²) in [5, 5.41) is 2.78. The molecule has 1 aromatic heterocycles. The van der Waals surface area contributed by atoms with Crippen LogP contribution in [0.4, 0.5) is 5.69 Å². The van der Waals surface area contributed by atoms with Crippen molar-refractivity contribution in [2.45, 2.75) is 39.2 Å². The summed E-state index contributed by atoms with van der Waals surface area (Å²) in [4.78, 5) is 27.5. The summed E-state index contributed by atoms with van der Waals surface area (Å²) in [5.41, 5.74) is 1.03. The van der Waals surface area contributed by atoms with E-state index in [2.05, 4.69) is 10.3 Å². The van der Waals surface area contributed by atoms with Crippen molar-refractivity contribution in [3.63, 3.8) is 0 Å². The van der Waals surface area contributed by atoms with Crippen molar-refractivity contribution in [3.8, 4) is 5.69 Å². The lowest BCUT2D eigenvalue weighted by molar-refractivity contribution is -0.155. The number of esters is 1. The van der Waals surface area contributed by atoms with E-state index in [1.165, 1.54) is 0 Å². The highest BCUT2D eigenvalue weighted by molar-refractivity contribution is 5.92. The molecule has 23 heavy (non-hydrogen) atoms. The molecule has 0 radical (unpaired) electrons. The average molecular weight is 315 g/mol. The van der Waals surface area contributed by atoms with Crippen molar-refractivity contribution in [2.24, 2.45) is 0 Å². The van der Waals surface area contributed by atoms with Gasteiger partial charge in [0.1, 0.15) is 5.60 Å². The van der Waals surface area contributed by atoms with Gasteiger partial charge in [-0.1, -0.05) is 6.07 Å². The topological polar surface area (TPSA) is 73.2 Å². The molecule has 0 atom stereocenters. The Hall–Kier alpha value is -2.63. The Balaban J connectivity index is 1.88. The number of amides is 1. The fourth-order valence-corrected chi connectivity index (χ4v) is 1.99. The Labute approximate surface area is 135 Å². The molecular weight excluding hydrogens is 294 g/mol. The number of anilines is 1. The number of hydrogen-bond donors (Lipinski definition) is 1. The largest absolute Gasteiger partial charge is 0.460 e. The molecule has 122 valence electrons. The summed E-state index contributed by atoms with van der Waals surface area (Å²) < 4.78 is 7.02.